The summed E-state index contributed by atoms with van der Waals surface area (Å²) in [4.78, 5) is 0. The average molecular weight is 242 g/mol. The summed E-state index contributed by atoms with van der Waals surface area (Å²) in [5.41, 5.74) is 1.34. The Morgan fingerprint density at radius 3 is 2.69 bits per heavy atom. The van der Waals surface area contributed by atoms with Crippen molar-refractivity contribution in [3.05, 3.63) is 12.2 Å². The lowest BCUT2D eigenvalue weighted by Gasteiger charge is -2.23. The van der Waals surface area contributed by atoms with E-state index in [0.717, 1.165) is 26.1 Å². The van der Waals surface area contributed by atoms with Gasteiger partial charge in [0.25, 0.3) is 0 Å². The van der Waals surface area contributed by atoms with E-state index in [2.05, 4.69) is 26.2 Å². The van der Waals surface area contributed by atoms with E-state index >= 15 is 0 Å². The number of ether oxygens (including phenoxy) is 2. The fourth-order valence-electron chi connectivity index (χ4n) is 2.02. The van der Waals surface area contributed by atoms with Crippen LogP contribution in [0.2, 0.25) is 25.7 Å². The smallest absolute Gasteiger partial charge is 0.157 e. The number of hydrogen-bond donors (Lipinski definition) is 0. The van der Waals surface area contributed by atoms with E-state index in [1.165, 1.54) is 24.5 Å². The van der Waals surface area contributed by atoms with Crippen LogP contribution < -0.4 is 0 Å². The molecule has 0 radical (unpaired) electrons. The van der Waals surface area contributed by atoms with E-state index in [0.29, 0.717) is 0 Å². The van der Waals surface area contributed by atoms with Crippen molar-refractivity contribution in [2.75, 3.05) is 13.2 Å². The monoisotopic (exact) mass is 242 g/mol. The normalized spacial score (nSPS) is 22.1. The molecular formula is C13H26O2Si. The Labute approximate surface area is 101 Å². The molecule has 16 heavy (non-hydrogen) atoms. The van der Waals surface area contributed by atoms with Crippen LogP contribution in [0.4, 0.5) is 0 Å². The van der Waals surface area contributed by atoms with Gasteiger partial charge in [0.05, 0.1) is 6.61 Å². The first-order valence-corrected chi connectivity index (χ1v) is 10.1. The lowest BCUT2D eigenvalue weighted by atomic mass is 10.2. The standard InChI is InChI=1S/C13H26O2Si/c1-12(11-16(2,3)4)8-10-15-13-7-5-6-9-14-13/h13H,1,5-11H2,2-4H3. The molecule has 1 aliphatic rings. The molecule has 1 aliphatic heterocycles. The lowest BCUT2D eigenvalue weighted by Crippen LogP contribution is -2.23. The summed E-state index contributed by atoms with van der Waals surface area (Å²) in [5, 5.41) is 0. The van der Waals surface area contributed by atoms with Crippen molar-refractivity contribution in [3.8, 4) is 0 Å². The molecule has 1 heterocycles. The molecule has 1 fully saturated rings. The van der Waals surface area contributed by atoms with E-state index in [1.54, 1.807) is 0 Å². The minimum absolute atomic E-state index is 0.0495. The van der Waals surface area contributed by atoms with Gasteiger partial charge in [-0.3, -0.25) is 0 Å². The first-order chi connectivity index (χ1) is 7.47. The Balaban J connectivity index is 2.08. The molecule has 0 N–H and O–H groups in total. The van der Waals surface area contributed by atoms with Crippen molar-refractivity contribution in [1.29, 1.82) is 0 Å². The van der Waals surface area contributed by atoms with Crippen LogP contribution in [-0.2, 0) is 9.47 Å². The van der Waals surface area contributed by atoms with Crippen molar-refractivity contribution < 1.29 is 9.47 Å². The van der Waals surface area contributed by atoms with E-state index in [4.69, 9.17) is 9.47 Å². The van der Waals surface area contributed by atoms with Crippen LogP contribution in [0.5, 0.6) is 0 Å². The van der Waals surface area contributed by atoms with Gasteiger partial charge in [-0.2, -0.15) is 0 Å². The van der Waals surface area contributed by atoms with Crippen LogP contribution in [0.3, 0.4) is 0 Å². The molecule has 1 rings (SSSR count). The summed E-state index contributed by atoms with van der Waals surface area (Å²) in [6, 6.07) is 1.21. The van der Waals surface area contributed by atoms with Crippen LogP contribution in [0.15, 0.2) is 12.2 Å². The zero-order valence-corrected chi connectivity index (χ0v) is 12.1. The van der Waals surface area contributed by atoms with Gasteiger partial charge >= 0.3 is 0 Å². The highest BCUT2D eigenvalue weighted by Crippen LogP contribution is 2.19. The third-order valence-corrected chi connectivity index (χ3v) is 4.24. The molecule has 1 saturated heterocycles. The third kappa shape index (κ3) is 6.46. The molecule has 0 spiro atoms. The van der Waals surface area contributed by atoms with Crippen LogP contribution >= 0.6 is 0 Å². The van der Waals surface area contributed by atoms with E-state index < -0.39 is 8.07 Å². The average Bonchev–Trinajstić information content (AvgIpc) is 2.16. The molecule has 1 unspecified atom stereocenters. The number of rotatable bonds is 6. The van der Waals surface area contributed by atoms with Gasteiger partial charge < -0.3 is 9.47 Å². The summed E-state index contributed by atoms with van der Waals surface area (Å²) in [5.74, 6) is 0. The van der Waals surface area contributed by atoms with Crippen molar-refractivity contribution in [1.82, 2.24) is 0 Å². The highest BCUT2D eigenvalue weighted by atomic mass is 28.3. The number of hydrogen-bond acceptors (Lipinski definition) is 2. The predicted molar refractivity (Wildman–Crippen MR) is 71.5 cm³/mol. The van der Waals surface area contributed by atoms with Gasteiger partial charge in [0, 0.05) is 14.7 Å². The van der Waals surface area contributed by atoms with Gasteiger partial charge in [0.2, 0.25) is 0 Å². The summed E-state index contributed by atoms with van der Waals surface area (Å²) < 4.78 is 11.2. The van der Waals surface area contributed by atoms with Gasteiger partial charge in [0.15, 0.2) is 6.29 Å². The predicted octanol–water partition coefficient (Wildman–Crippen LogP) is 3.81. The van der Waals surface area contributed by atoms with Crippen LogP contribution in [-0.4, -0.2) is 27.6 Å². The molecule has 0 aromatic heterocycles. The van der Waals surface area contributed by atoms with Crippen LogP contribution in [0.25, 0.3) is 0 Å². The summed E-state index contributed by atoms with van der Waals surface area (Å²) in [6.45, 7) is 12.9. The topological polar surface area (TPSA) is 18.5 Å². The third-order valence-electron chi connectivity index (χ3n) is 2.68. The second-order valence-electron chi connectivity index (χ2n) is 5.90. The minimum Gasteiger partial charge on any atom is -0.353 e. The van der Waals surface area contributed by atoms with Gasteiger partial charge in [-0.05, 0) is 31.7 Å². The van der Waals surface area contributed by atoms with Gasteiger partial charge in [-0.15, -0.1) is 6.58 Å². The molecule has 1 atom stereocenters. The van der Waals surface area contributed by atoms with E-state index in [-0.39, 0.29) is 6.29 Å². The summed E-state index contributed by atoms with van der Waals surface area (Å²) in [7, 11) is -0.996. The van der Waals surface area contributed by atoms with Crippen LogP contribution in [0.1, 0.15) is 25.7 Å². The van der Waals surface area contributed by atoms with E-state index in [1.807, 2.05) is 0 Å². The molecule has 0 saturated carbocycles. The maximum atomic E-state index is 5.70. The Morgan fingerprint density at radius 2 is 2.12 bits per heavy atom. The molecule has 94 valence electrons. The minimum atomic E-state index is -0.996. The molecule has 3 heteroatoms. The molecule has 0 bridgehead atoms. The zero-order chi connectivity index (χ0) is 12.0. The summed E-state index contributed by atoms with van der Waals surface area (Å²) in [6.07, 6.45) is 4.52. The van der Waals surface area contributed by atoms with Gasteiger partial charge in [-0.1, -0.05) is 25.2 Å². The second kappa shape index (κ2) is 6.57. The molecular weight excluding hydrogens is 216 g/mol. The van der Waals surface area contributed by atoms with E-state index in [9.17, 15) is 0 Å². The largest absolute Gasteiger partial charge is 0.353 e. The Kier molecular flexibility index (Phi) is 5.73. The maximum Gasteiger partial charge on any atom is 0.157 e. The lowest BCUT2D eigenvalue weighted by molar-refractivity contribution is -0.161. The van der Waals surface area contributed by atoms with Gasteiger partial charge in [0.1, 0.15) is 0 Å². The fraction of sp³-hybridized carbons (Fsp3) is 0.846. The van der Waals surface area contributed by atoms with Crippen molar-refractivity contribution in [2.24, 2.45) is 0 Å². The first-order valence-electron chi connectivity index (χ1n) is 6.37. The fourth-order valence-corrected chi connectivity index (χ4v) is 3.69. The molecule has 0 aliphatic carbocycles. The maximum absolute atomic E-state index is 5.70. The molecule has 0 aromatic rings. The zero-order valence-electron chi connectivity index (χ0n) is 11.1. The Bertz CT molecular complexity index is 214. The highest BCUT2D eigenvalue weighted by molar-refractivity contribution is 6.76. The quantitative estimate of drug-likeness (QED) is 0.521. The van der Waals surface area contributed by atoms with Crippen molar-refractivity contribution >= 4 is 8.07 Å². The molecule has 0 aromatic carbocycles. The Morgan fingerprint density at radius 1 is 1.38 bits per heavy atom. The summed E-state index contributed by atoms with van der Waals surface area (Å²) >= 11 is 0. The first kappa shape index (κ1) is 13.9. The molecule has 2 nitrogen and oxygen atoms in total. The SMILES string of the molecule is C=C(CCOC1CCCCO1)C[Si](C)(C)C. The second-order valence-corrected chi connectivity index (χ2v) is 11.4. The Hall–Kier alpha value is -0.123. The van der Waals surface area contributed by atoms with Crippen molar-refractivity contribution in [2.45, 2.75) is 57.7 Å². The van der Waals surface area contributed by atoms with Crippen molar-refractivity contribution in [3.63, 3.8) is 0 Å². The highest BCUT2D eigenvalue weighted by Gasteiger charge is 2.16. The van der Waals surface area contributed by atoms with Gasteiger partial charge in [-0.25, -0.2) is 0 Å². The van der Waals surface area contributed by atoms with Crippen LogP contribution in [0, 0.1) is 0 Å². The molecule has 0 amide bonds.